The molecule has 2 saturated heterocycles. The SMILES string of the molecule is COc1cc([C@@H]2[C@H]3C(=O)N(c4ccccc4Cl)C(=O)[C@@H]3ON2c2ccccc2)cc(OC)c1OC. The number of carbonyl (C=O) groups excluding carboxylic acids is 2. The first-order valence-corrected chi connectivity index (χ1v) is 11.3. The number of carbonyl (C=O) groups is 2. The van der Waals surface area contributed by atoms with Gasteiger partial charge >= 0.3 is 0 Å². The van der Waals surface area contributed by atoms with E-state index in [1.807, 2.05) is 30.3 Å². The van der Waals surface area contributed by atoms with Crippen LogP contribution in [0.1, 0.15) is 11.6 Å². The first kappa shape index (κ1) is 23.0. The molecule has 0 spiro atoms. The molecule has 0 aliphatic carbocycles. The van der Waals surface area contributed by atoms with Crippen LogP contribution in [0.5, 0.6) is 17.2 Å². The molecule has 3 aromatic rings. The number of hydrogen-bond donors (Lipinski definition) is 0. The Morgan fingerprint density at radius 2 is 1.46 bits per heavy atom. The average molecular weight is 495 g/mol. The summed E-state index contributed by atoms with van der Waals surface area (Å²) >= 11 is 6.34. The highest BCUT2D eigenvalue weighted by Gasteiger charge is 2.60. The fraction of sp³-hybridized carbons (Fsp3) is 0.231. The van der Waals surface area contributed by atoms with Crippen LogP contribution in [-0.4, -0.2) is 39.2 Å². The second-order valence-corrected chi connectivity index (χ2v) is 8.49. The van der Waals surface area contributed by atoms with Crippen molar-refractivity contribution in [3.8, 4) is 17.2 Å². The molecule has 2 amide bonds. The number of rotatable bonds is 6. The smallest absolute Gasteiger partial charge is 0.266 e. The lowest BCUT2D eigenvalue weighted by atomic mass is 9.90. The van der Waals surface area contributed by atoms with Crippen molar-refractivity contribution in [2.45, 2.75) is 12.1 Å². The van der Waals surface area contributed by atoms with E-state index in [0.29, 0.717) is 39.2 Å². The highest BCUT2D eigenvalue weighted by atomic mass is 35.5. The van der Waals surface area contributed by atoms with Gasteiger partial charge in [0.15, 0.2) is 17.6 Å². The van der Waals surface area contributed by atoms with E-state index in [2.05, 4.69) is 0 Å². The van der Waals surface area contributed by atoms with Crippen LogP contribution in [0.2, 0.25) is 5.02 Å². The zero-order valence-electron chi connectivity index (χ0n) is 19.3. The Morgan fingerprint density at radius 1 is 0.829 bits per heavy atom. The fourth-order valence-electron chi connectivity index (χ4n) is 4.69. The number of fused-ring (bicyclic) bond motifs is 1. The molecule has 8 nitrogen and oxygen atoms in total. The number of methoxy groups -OCH3 is 3. The van der Waals surface area contributed by atoms with E-state index in [0.717, 1.165) is 4.90 Å². The summed E-state index contributed by atoms with van der Waals surface area (Å²) in [6, 6.07) is 18.9. The molecular weight excluding hydrogens is 472 g/mol. The number of hydrogen-bond acceptors (Lipinski definition) is 7. The minimum atomic E-state index is -1.02. The summed E-state index contributed by atoms with van der Waals surface area (Å²) in [4.78, 5) is 34.6. The van der Waals surface area contributed by atoms with Crippen molar-refractivity contribution >= 4 is 34.8 Å². The largest absolute Gasteiger partial charge is 0.493 e. The number of para-hydroxylation sites is 2. The Kier molecular flexibility index (Phi) is 6.00. The normalized spacial score (nSPS) is 21.3. The summed E-state index contributed by atoms with van der Waals surface area (Å²) in [6.45, 7) is 0. The van der Waals surface area contributed by atoms with E-state index in [1.54, 1.807) is 41.5 Å². The quantitative estimate of drug-likeness (QED) is 0.469. The molecule has 180 valence electrons. The van der Waals surface area contributed by atoms with Crippen molar-refractivity contribution in [2.24, 2.45) is 5.92 Å². The second-order valence-electron chi connectivity index (χ2n) is 8.08. The minimum absolute atomic E-state index is 0.304. The average Bonchev–Trinajstić information content (AvgIpc) is 3.40. The van der Waals surface area contributed by atoms with Crippen LogP contribution in [0.4, 0.5) is 11.4 Å². The zero-order valence-corrected chi connectivity index (χ0v) is 20.1. The van der Waals surface area contributed by atoms with Gasteiger partial charge in [-0.3, -0.25) is 14.4 Å². The number of hydroxylamine groups is 1. The third-order valence-corrected chi connectivity index (χ3v) is 6.57. The van der Waals surface area contributed by atoms with Crippen LogP contribution in [0.25, 0.3) is 0 Å². The van der Waals surface area contributed by atoms with Crippen LogP contribution in [0.3, 0.4) is 0 Å². The van der Waals surface area contributed by atoms with Gasteiger partial charge in [0.1, 0.15) is 5.92 Å². The molecule has 0 bridgehead atoms. The Bertz CT molecular complexity index is 1260. The first-order valence-electron chi connectivity index (χ1n) is 10.9. The van der Waals surface area contributed by atoms with E-state index < -0.39 is 29.9 Å². The van der Waals surface area contributed by atoms with Crippen molar-refractivity contribution in [3.63, 3.8) is 0 Å². The maximum Gasteiger partial charge on any atom is 0.266 e. The van der Waals surface area contributed by atoms with E-state index in [-0.39, 0.29) is 0 Å². The maximum atomic E-state index is 13.8. The van der Waals surface area contributed by atoms with Gasteiger partial charge in [-0.25, -0.2) is 9.96 Å². The molecule has 35 heavy (non-hydrogen) atoms. The summed E-state index contributed by atoms with van der Waals surface area (Å²) in [5, 5.41) is 1.91. The van der Waals surface area contributed by atoms with Gasteiger partial charge in [0, 0.05) is 0 Å². The molecule has 2 aliphatic heterocycles. The van der Waals surface area contributed by atoms with Gasteiger partial charge in [-0.1, -0.05) is 41.9 Å². The van der Waals surface area contributed by atoms with Gasteiger partial charge in [-0.15, -0.1) is 0 Å². The van der Waals surface area contributed by atoms with Crippen LogP contribution >= 0.6 is 11.6 Å². The maximum absolute atomic E-state index is 13.8. The predicted octanol–water partition coefficient (Wildman–Crippen LogP) is 4.42. The van der Waals surface area contributed by atoms with Gasteiger partial charge in [0.05, 0.1) is 43.8 Å². The summed E-state index contributed by atoms with van der Waals surface area (Å²) < 4.78 is 16.5. The van der Waals surface area contributed by atoms with E-state index >= 15 is 0 Å². The number of halogens is 1. The van der Waals surface area contributed by atoms with Gasteiger partial charge < -0.3 is 14.2 Å². The molecule has 5 rings (SSSR count). The summed E-state index contributed by atoms with van der Waals surface area (Å²) in [6.07, 6.45) is -1.02. The van der Waals surface area contributed by atoms with E-state index in [9.17, 15) is 9.59 Å². The number of nitrogens with zero attached hydrogens (tertiary/aromatic N) is 2. The molecule has 0 radical (unpaired) electrons. The zero-order chi connectivity index (χ0) is 24.7. The summed E-state index contributed by atoms with van der Waals surface area (Å²) in [5.74, 6) is -0.417. The van der Waals surface area contributed by atoms with Crippen LogP contribution < -0.4 is 24.2 Å². The van der Waals surface area contributed by atoms with E-state index in [1.165, 1.54) is 21.3 Å². The predicted molar refractivity (Wildman–Crippen MR) is 130 cm³/mol. The molecule has 0 aromatic heterocycles. The topological polar surface area (TPSA) is 77.5 Å². The second kappa shape index (κ2) is 9.13. The van der Waals surface area contributed by atoms with Gasteiger partial charge in [0.25, 0.3) is 5.91 Å². The van der Waals surface area contributed by atoms with Crippen LogP contribution in [0, 0.1) is 5.92 Å². The summed E-state index contributed by atoms with van der Waals surface area (Å²) in [5.41, 5.74) is 1.70. The molecule has 2 aliphatic rings. The Morgan fingerprint density at radius 3 is 2.06 bits per heavy atom. The van der Waals surface area contributed by atoms with Crippen LogP contribution in [-0.2, 0) is 14.4 Å². The van der Waals surface area contributed by atoms with Crippen molar-refractivity contribution in [2.75, 3.05) is 31.3 Å². The molecule has 0 unspecified atom stereocenters. The number of amides is 2. The van der Waals surface area contributed by atoms with Gasteiger partial charge in [-0.2, -0.15) is 0 Å². The summed E-state index contributed by atoms with van der Waals surface area (Å²) in [7, 11) is 4.56. The number of benzene rings is 3. The lowest BCUT2D eigenvalue weighted by Gasteiger charge is -2.29. The molecule has 2 fully saturated rings. The molecule has 9 heteroatoms. The molecular formula is C26H23ClN2O6. The Balaban J connectivity index is 1.65. The third kappa shape index (κ3) is 3.66. The van der Waals surface area contributed by atoms with Crippen LogP contribution in [0.15, 0.2) is 66.7 Å². The molecule has 0 N–H and O–H groups in total. The molecule has 2 heterocycles. The minimum Gasteiger partial charge on any atom is -0.493 e. The monoisotopic (exact) mass is 494 g/mol. The van der Waals surface area contributed by atoms with Crippen molar-refractivity contribution in [1.29, 1.82) is 0 Å². The lowest BCUT2D eigenvalue weighted by molar-refractivity contribution is -0.126. The number of anilines is 2. The highest BCUT2D eigenvalue weighted by Crippen LogP contribution is 2.50. The Labute approximate surface area is 207 Å². The highest BCUT2D eigenvalue weighted by molar-refractivity contribution is 6.36. The standard InChI is InChI=1S/C26H23ClN2O6/c1-32-19-13-15(14-20(33-2)23(19)34-3)22-21-24(35-29(22)16-9-5-4-6-10-16)26(31)28(25(21)30)18-12-8-7-11-17(18)27/h4-14,21-22,24H,1-3H3/t21-,22-,24-/m1/s1. The third-order valence-electron chi connectivity index (χ3n) is 6.25. The van der Waals surface area contributed by atoms with Gasteiger partial charge in [-0.05, 0) is 42.0 Å². The lowest BCUT2D eigenvalue weighted by Crippen LogP contribution is -2.37. The van der Waals surface area contributed by atoms with Crippen molar-refractivity contribution in [1.82, 2.24) is 0 Å². The number of imide groups is 1. The molecule has 3 aromatic carbocycles. The first-order chi connectivity index (χ1) is 17.0. The Hall–Kier alpha value is -3.75. The molecule has 3 atom stereocenters. The van der Waals surface area contributed by atoms with Gasteiger partial charge in [0.2, 0.25) is 11.7 Å². The van der Waals surface area contributed by atoms with Crippen molar-refractivity contribution in [3.05, 3.63) is 77.3 Å². The number of ether oxygens (including phenoxy) is 3. The fourth-order valence-corrected chi connectivity index (χ4v) is 4.92. The molecule has 0 saturated carbocycles. The van der Waals surface area contributed by atoms with Crippen molar-refractivity contribution < 1.29 is 28.6 Å². The van der Waals surface area contributed by atoms with E-state index in [4.69, 9.17) is 30.6 Å².